The van der Waals surface area contributed by atoms with Gasteiger partial charge in [-0.2, -0.15) is 0 Å². The minimum Gasteiger partial charge on any atom is -0.497 e. The van der Waals surface area contributed by atoms with Crippen LogP contribution in [0.25, 0.3) is 11.3 Å². The molecule has 1 aromatic carbocycles. The molecule has 0 saturated carbocycles. The number of aromatic nitrogens is 1. The van der Waals surface area contributed by atoms with Crippen molar-refractivity contribution in [3.63, 3.8) is 0 Å². The highest BCUT2D eigenvalue weighted by molar-refractivity contribution is 5.60. The predicted octanol–water partition coefficient (Wildman–Crippen LogP) is 2.78. The zero-order chi connectivity index (χ0) is 12.3. The molecule has 1 aromatic heterocycles. The molecule has 2 aromatic rings. The highest BCUT2D eigenvalue weighted by Gasteiger charge is 2.04. The van der Waals surface area contributed by atoms with Crippen LogP contribution in [0.5, 0.6) is 5.75 Å². The third-order valence-electron chi connectivity index (χ3n) is 2.62. The van der Waals surface area contributed by atoms with Crippen LogP contribution in [0.4, 0.5) is 0 Å². The molecule has 2 N–H and O–H groups in total. The molecular weight excluding hydrogens is 212 g/mol. The minimum absolute atomic E-state index is 0.0480. The SMILES string of the molecule is COc1ccc(-c2cccc(C(C)N)n2)cc1. The monoisotopic (exact) mass is 228 g/mol. The number of pyridine rings is 1. The zero-order valence-corrected chi connectivity index (χ0v) is 10.1. The normalized spacial score (nSPS) is 12.2. The molecule has 0 amide bonds. The fourth-order valence-corrected chi connectivity index (χ4v) is 1.63. The van der Waals surface area contributed by atoms with E-state index in [1.54, 1.807) is 7.11 Å². The van der Waals surface area contributed by atoms with E-state index in [9.17, 15) is 0 Å². The summed E-state index contributed by atoms with van der Waals surface area (Å²) in [5.41, 5.74) is 8.72. The van der Waals surface area contributed by atoms with Gasteiger partial charge in [-0.1, -0.05) is 6.07 Å². The van der Waals surface area contributed by atoms with Gasteiger partial charge in [0.15, 0.2) is 0 Å². The Morgan fingerprint density at radius 2 is 1.82 bits per heavy atom. The smallest absolute Gasteiger partial charge is 0.118 e. The highest BCUT2D eigenvalue weighted by atomic mass is 16.5. The molecule has 3 nitrogen and oxygen atoms in total. The van der Waals surface area contributed by atoms with Crippen LogP contribution in [-0.4, -0.2) is 12.1 Å². The summed E-state index contributed by atoms with van der Waals surface area (Å²) < 4.78 is 5.13. The molecule has 3 heteroatoms. The van der Waals surface area contributed by atoms with Gasteiger partial charge in [-0.05, 0) is 43.3 Å². The molecule has 1 heterocycles. The van der Waals surface area contributed by atoms with Gasteiger partial charge in [0.05, 0.1) is 18.5 Å². The standard InChI is InChI=1S/C14H16N2O/c1-10(15)13-4-3-5-14(16-13)11-6-8-12(17-2)9-7-11/h3-10H,15H2,1-2H3. The Kier molecular flexibility index (Phi) is 3.40. The topological polar surface area (TPSA) is 48.1 Å². The average Bonchev–Trinajstić information content (AvgIpc) is 2.39. The minimum atomic E-state index is -0.0480. The van der Waals surface area contributed by atoms with Crippen LogP contribution >= 0.6 is 0 Å². The van der Waals surface area contributed by atoms with Crippen molar-refractivity contribution in [2.75, 3.05) is 7.11 Å². The van der Waals surface area contributed by atoms with Crippen LogP contribution < -0.4 is 10.5 Å². The van der Waals surface area contributed by atoms with Crippen LogP contribution in [0.1, 0.15) is 18.7 Å². The van der Waals surface area contributed by atoms with E-state index in [0.717, 1.165) is 22.7 Å². The second-order valence-electron chi connectivity index (χ2n) is 3.96. The van der Waals surface area contributed by atoms with E-state index in [4.69, 9.17) is 10.5 Å². The fraction of sp³-hybridized carbons (Fsp3) is 0.214. The molecule has 1 atom stereocenters. The van der Waals surface area contributed by atoms with Crippen molar-refractivity contribution >= 4 is 0 Å². The first kappa shape index (κ1) is 11.6. The van der Waals surface area contributed by atoms with Crippen LogP contribution in [0.2, 0.25) is 0 Å². The lowest BCUT2D eigenvalue weighted by molar-refractivity contribution is 0.415. The molecule has 0 aliphatic heterocycles. The molecule has 0 fully saturated rings. The molecule has 0 saturated heterocycles. The molecule has 0 aliphatic rings. The van der Waals surface area contributed by atoms with Crippen LogP contribution in [0.15, 0.2) is 42.5 Å². The Morgan fingerprint density at radius 3 is 2.41 bits per heavy atom. The number of nitrogens with zero attached hydrogens (tertiary/aromatic N) is 1. The maximum absolute atomic E-state index is 5.82. The maximum Gasteiger partial charge on any atom is 0.118 e. The Bertz CT molecular complexity index is 492. The summed E-state index contributed by atoms with van der Waals surface area (Å²) in [7, 11) is 1.66. The summed E-state index contributed by atoms with van der Waals surface area (Å²) in [6.07, 6.45) is 0. The Morgan fingerprint density at radius 1 is 1.12 bits per heavy atom. The van der Waals surface area contributed by atoms with Crippen LogP contribution in [0.3, 0.4) is 0 Å². The largest absolute Gasteiger partial charge is 0.497 e. The fourth-order valence-electron chi connectivity index (χ4n) is 1.63. The van der Waals surface area contributed by atoms with Crippen LogP contribution in [0, 0.1) is 0 Å². The average molecular weight is 228 g/mol. The summed E-state index contributed by atoms with van der Waals surface area (Å²) in [6, 6.07) is 13.7. The molecule has 17 heavy (non-hydrogen) atoms. The second-order valence-corrected chi connectivity index (χ2v) is 3.96. The highest BCUT2D eigenvalue weighted by Crippen LogP contribution is 2.21. The van der Waals surface area contributed by atoms with Crippen molar-refractivity contribution < 1.29 is 4.74 Å². The number of ether oxygens (including phenoxy) is 1. The first-order valence-corrected chi connectivity index (χ1v) is 5.57. The molecule has 1 unspecified atom stereocenters. The molecular formula is C14H16N2O. The van der Waals surface area contributed by atoms with E-state index >= 15 is 0 Å². The van der Waals surface area contributed by atoms with E-state index in [1.807, 2.05) is 49.4 Å². The third-order valence-corrected chi connectivity index (χ3v) is 2.62. The van der Waals surface area contributed by atoms with Crippen molar-refractivity contribution in [1.29, 1.82) is 0 Å². The second kappa shape index (κ2) is 4.97. The van der Waals surface area contributed by atoms with E-state index < -0.39 is 0 Å². The van der Waals surface area contributed by atoms with E-state index in [-0.39, 0.29) is 6.04 Å². The van der Waals surface area contributed by atoms with Gasteiger partial charge in [0.1, 0.15) is 5.75 Å². The summed E-state index contributed by atoms with van der Waals surface area (Å²) >= 11 is 0. The van der Waals surface area contributed by atoms with Gasteiger partial charge >= 0.3 is 0 Å². The molecule has 2 rings (SSSR count). The van der Waals surface area contributed by atoms with Crippen LogP contribution in [-0.2, 0) is 0 Å². The van der Waals surface area contributed by atoms with Crippen molar-refractivity contribution in [2.24, 2.45) is 5.73 Å². The van der Waals surface area contributed by atoms with Gasteiger partial charge in [0.2, 0.25) is 0 Å². The van der Waals surface area contributed by atoms with Gasteiger partial charge in [0, 0.05) is 11.6 Å². The summed E-state index contributed by atoms with van der Waals surface area (Å²) in [5, 5.41) is 0. The number of rotatable bonds is 3. The summed E-state index contributed by atoms with van der Waals surface area (Å²) in [5.74, 6) is 0.845. The quantitative estimate of drug-likeness (QED) is 0.878. The summed E-state index contributed by atoms with van der Waals surface area (Å²) in [4.78, 5) is 4.53. The van der Waals surface area contributed by atoms with Gasteiger partial charge in [0.25, 0.3) is 0 Å². The Hall–Kier alpha value is -1.87. The summed E-state index contributed by atoms with van der Waals surface area (Å²) in [6.45, 7) is 1.93. The number of nitrogens with two attached hydrogens (primary N) is 1. The lowest BCUT2D eigenvalue weighted by atomic mass is 10.1. The number of benzene rings is 1. The Labute approximate surface area is 101 Å². The maximum atomic E-state index is 5.82. The van der Waals surface area contributed by atoms with Crippen molar-refractivity contribution in [3.8, 4) is 17.0 Å². The Balaban J connectivity index is 2.35. The lowest BCUT2D eigenvalue weighted by Crippen LogP contribution is -2.07. The van der Waals surface area contributed by atoms with E-state index in [1.165, 1.54) is 0 Å². The zero-order valence-electron chi connectivity index (χ0n) is 10.1. The first-order valence-electron chi connectivity index (χ1n) is 5.57. The number of methoxy groups -OCH3 is 1. The van der Waals surface area contributed by atoms with Crippen molar-refractivity contribution in [3.05, 3.63) is 48.2 Å². The third kappa shape index (κ3) is 2.63. The molecule has 88 valence electrons. The van der Waals surface area contributed by atoms with E-state index in [0.29, 0.717) is 0 Å². The number of hydrogen-bond donors (Lipinski definition) is 1. The van der Waals surface area contributed by atoms with Gasteiger partial charge in [-0.3, -0.25) is 4.98 Å². The van der Waals surface area contributed by atoms with Gasteiger partial charge < -0.3 is 10.5 Å². The molecule has 0 spiro atoms. The van der Waals surface area contributed by atoms with Crippen molar-refractivity contribution in [1.82, 2.24) is 4.98 Å². The van der Waals surface area contributed by atoms with Crippen molar-refractivity contribution in [2.45, 2.75) is 13.0 Å². The predicted molar refractivity (Wildman–Crippen MR) is 68.8 cm³/mol. The lowest BCUT2D eigenvalue weighted by Gasteiger charge is -2.07. The first-order chi connectivity index (χ1) is 8.20. The van der Waals surface area contributed by atoms with Gasteiger partial charge in [-0.15, -0.1) is 0 Å². The molecule has 0 radical (unpaired) electrons. The van der Waals surface area contributed by atoms with E-state index in [2.05, 4.69) is 4.98 Å². The molecule has 0 aliphatic carbocycles. The molecule has 0 bridgehead atoms. The number of hydrogen-bond acceptors (Lipinski definition) is 3. The van der Waals surface area contributed by atoms with Gasteiger partial charge in [-0.25, -0.2) is 0 Å².